The topological polar surface area (TPSA) is 58.9 Å². The number of hydrogen-bond acceptors (Lipinski definition) is 4. The molecule has 0 spiro atoms. The standard InChI is InChI=1S/C10H15NO3/c1-14-10(12)8-4-6-2-3-7(5-8)9(6)11-13/h6-8,13H,2-5H2,1H3/t6-,7-,8?/m0/s1. The van der Waals surface area contributed by atoms with Crippen molar-refractivity contribution in [3.8, 4) is 0 Å². The Labute approximate surface area is 82.9 Å². The molecule has 2 atom stereocenters. The second-order valence-electron chi connectivity index (χ2n) is 4.19. The monoisotopic (exact) mass is 197 g/mol. The Hall–Kier alpha value is -1.06. The number of rotatable bonds is 1. The van der Waals surface area contributed by atoms with Crippen molar-refractivity contribution < 1.29 is 14.7 Å². The SMILES string of the molecule is COC(=O)C1C[C@@H]2CC[C@@H](C1)C2=NO. The van der Waals surface area contributed by atoms with Crippen LogP contribution in [0.3, 0.4) is 0 Å². The smallest absolute Gasteiger partial charge is 0.308 e. The van der Waals surface area contributed by atoms with Gasteiger partial charge in [-0.25, -0.2) is 0 Å². The molecule has 0 saturated heterocycles. The molecule has 0 amide bonds. The molecule has 1 N–H and O–H groups in total. The lowest BCUT2D eigenvalue weighted by Crippen LogP contribution is -2.31. The first-order valence-electron chi connectivity index (χ1n) is 5.06. The Bertz CT molecular complexity index is 259. The van der Waals surface area contributed by atoms with Gasteiger partial charge in [-0.15, -0.1) is 0 Å². The van der Waals surface area contributed by atoms with Crippen molar-refractivity contribution in [3.05, 3.63) is 0 Å². The summed E-state index contributed by atoms with van der Waals surface area (Å²) < 4.78 is 4.74. The number of carbonyl (C=O) groups is 1. The molecular weight excluding hydrogens is 182 g/mol. The van der Waals surface area contributed by atoms with Crippen molar-refractivity contribution in [2.45, 2.75) is 25.7 Å². The summed E-state index contributed by atoms with van der Waals surface area (Å²) >= 11 is 0. The maximum atomic E-state index is 11.4. The maximum absolute atomic E-state index is 11.4. The van der Waals surface area contributed by atoms with E-state index in [1.807, 2.05) is 0 Å². The normalized spacial score (nSPS) is 35.5. The van der Waals surface area contributed by atoms with E-state index in [1.54, 1.807) is 0 Å². The Morgan fingerprint density at radius 3 is 2.43 bits per heavy atom. The van der Waals surface area contributed by atoms with Crippen molar-refractivity contribution in [1.82, 2.24) is 0 Å². The molecule has 2 saturated carbocycles. The molecule has 0 aromatic carbocycles. The second-order valence-corrected chi connectivity index (χ2v) is 4.19. The van der Waals surface area contributed by atoms with Crippen LogP contribution in [-0.4, -0.2) is 24.0 Å². The van der Waals surface area contributed by atoms with E-state index in [9.17, 15) is 4.79 Å². The third-order valence-electron chi connectivity index (χ3n) is 3.49. The van der Waals surface area contributed by atoms with Gasteiger partial charge in [0.2, 0.25) is 0 Å². The fraction of sp³-hybridized carbons (Fsp3) is 0.800. The first kappa shape index (κ1) is 9.49. The molecule has 2 bridgehead atoms. The lowest BCUT2D eigenvalue weighted by Gasteiger charge is -2.26. The van der Waals surface area contributed by atoms with E-state index >= 15 is 0 Å². The van der Waals surface area contributed by atoms with E-state index in [4.69, 9.17) is 9.94 Å². The molecule has 14 heavy (non-hydrogen) atoms. The summed E-state index contributed by atoms with van der Waals surface area (Å²) in [5, 5.41) is 12.2. The van der Waals surface area contributed by atoms with Gasteiger partial charge in [0.25, 0.3) is 0 Å². The number of methoxy groups -OCH3 is 1. The maximum Gasteiger partial charge on any atom is 0.308 e. The van der Waals surface area contributed by atoms with Crippen molar-refractivity contribution in [3.63, 3.8) is 0 Å². The van der Waals surface area contributed by atoms with Crippen LogP contribution in [0.4, 0.5) is 0 Å². The predicted molar refractivity (Wildman–Crippen MR) is 50.2 cm³/mol. The van der Waals surface area contributed by atoms with Gasteiger partial charge in [0, 0.05) is 11.8 Å². The van der Waals surface area contributed by atoms with Crippen LogP contribution in [-0.2, 0) is 9.53 Å². The Morgan fingerprint density at radius 2 is 2.00 bits per heavy atom. The van der Waals surface area contributed by atoms with Crippen LogP contribution in [0.5, 0.6) is 0 Å². The van der Waals surface area contributed by atoms with Crippen molar-refractivity contribution in [1.29, 1.82) is 0 Å². The van der Waals surface area contributed by atoms with Gasteiger partial charge >= 0.3 is 5.97 Å². The zero-order chi connectivity index (χ0) is 10.1. The first-order chi connectivity index (χ1) is 6.76. The van der Waals surface area contributed by atoms with Crippen LogP contribution in [0.15, 0.2) is 5.16 Å². The molecule has 0 aliphatic heterocycles. The molecule has 0 unspecified atom stereocenters. The predicted octanol–water partition coefficient (Wildman–Crippen LogP) is 1.43. The number of ether oxygens (including phenoxy) is 1. The van der Waals surface area contributed by atoms with Crippen molar-refractivity contribution in [2.75, 3.05) is 7.11 Å². The van der Waals surface area contributed by atoms with Gasteiger partial charge in [-0.05, 0) is 25.7 Å². The zero-order valence-corrected chi connectivity index (χ0v) is 8.27. The summed E-state index contributed by atoms with van der Waals surface area (Å²) in [6.45, 7) is 0. The van der Waals surface area contributed by atoms with Crippen LogP contribution < -0.4 is 0 Å². The molecule has 2 aliphatic rings. The van der Waals surface area contributed by atoms with Crippen molar-refractivity contribution >= 4 is 11.7 Å². The van der Waals surface area contributed by atoms with Crippen LogP contribution >= 0.6 is 0 Å². The molecule has 2 fully saturated rings. The molecule has 2 aliphatic carbocycles. The highest BCUT2D eigenvalue weighted by Gasteiger charge is 2.42. The Balaban J connectivity index is 2.09. The Morgan fingerprint density at radius 1 is 1.43 bits per heavy atom. The van der Waals surface area contributed by atoms with Gasteiger partial charge in [-0.1, -0.05) is 5.16 Å². The van der Waals surface area contributed by atoms with E-state index in [1.165, 1.54) is 7.11 Å². The zero-order valence-electron chi connectivity index (χ0n) is 8.27. The van der Waals surface area contributed by atoms with Gasteiger partial charge in [0.05, 0.1) is 18.7 Å². The fourth-order valence-corrected chi connectivity index (χ4v) is 2.81. The number of fused-ring (bicyclic) bond motifs is 2. The molecule has 0 heterocycles. The molecule has 4 nitrogen and oxygen atoms in total. The molecule has 78 valence electrons. The molecule has 4 heteroatoms. The largest absolute Gasteiger partial charge is 0.469 e. The Kier molecular flexibility index (Phi) is 2.44. The van der Waals surface area contributed by atoms with E-state index in [0.717, 1.165) is 31.4 Å². The molecular formula is C10H15NO3. The van der Waals surface area contributed by atoms with Gasteiger partial charge in [-0.3, -0.25) is 4.79 Å². The molecule has 0 aromatic rings. The summed E-state index contributed by atoms with van der Waals surface area (Å²) in [4.78, 5) is 11.4. The summed E-state index contributed by atoms with van der Waals surface area (Å²) in [6.07, 6.45) is 3.69. The van der Waals surface area contributed by atoms with E-state index in [-0.39, 0.29) is 11.9 Å². The first-order valence-corrected chi connectivity index (χ1v) is 5.06. The molecule has 0 radical (unpaired) electrons. The van der Waals surface area contributed by atoms with Crippen LogP contribution in [0.1, 0.15) is 25.7 Å². The summed E-state index contributed by atoms with van der Waals surface area (Å²) in [5.74, 6) is 0.521. The minimum absolute atomic E-state index is 0.0167. The fourth-order valence-electron chi connectivity index (χ4n) is 2.81. The highest BCUT2D eigenvalue weighted by molar-refractivity contribution is 5.92. The number of carbonyl (C=O) groups excluding carboxylic acids is 1. The van der Waals surface area contributed by atoms with Gasteiger partial charge in [0.15, 0.2) is 0 Å². The number of oxime groups is 1. The number of esters is 1. The third kappa shape index (κ3) is 1.38. The number of nitrogens with zero attached hydrogens (tertiary/aromatic N) is 1. The summed E-state index contributed by atoms with van der Waals surface area (Å²) in [5.41, 5.74) is 0.908. The van der Waals surface area contributed by atoms with E-state index in [2.05, 4.69) is 5.16 Å². The number of hydrogen-bond donors (Lipinski definition) is 1. The average molecular weight is 197 g/mol. The second kappa shape index (κ2) is 3.59. The van der Waals surface area contributed by atoms with Crippen molar-refractivity contribution in [2.24, 2.45) is 22.9 Å². The van der Waals surface area contributed by atoms with Crippen LogP contribution in [0.2, 0.25) is 0 Å². The summed E-state index contributed by atoms with van der Waals surface area (Å²) in [6, 6.07) is 0. The lowest BCUT2D eigenvalue weighted by molar-refractivity contribution is -0.146. The molecule has 0 aromatic heterocycles. The third-order valence-corrected chi connectivity index (χ3v) is 3.49. The lowest BCUT2D eigenvalue weighted by atomic mass is 9.79. The quantitative estimate of drug-likeness (QED) is 0.393. The summed E-state index contributed by atoms with van der Waals surface area (Å²) in [7, 11) is 1.43. The average Bonchev–Trinajstić information content (AvgIpc) is 2.46. The highest BCUT2D eigenvalue weighted by atomic mass is 16.5. The van der Waals surface area contributed by atoms with E-state index in [0.29, 0.717) is 11.8 Å². The minimum Gasteiger partial charge on any atom is -0.469 e. The van der Waals surface area contributed by atoms with E-state index < -0.39 is 0 Å². The van der Waals surface area contributed by atoms with Crippen LogP contribution in [0, 0.1) is 17.8 Å². The molecule has 2 rings (SSSR count). The van der Waals surface area contributed by atoms with Crippen LogP contribution in [0.25, 0.3) is 0 Å². The highest BCUT2D eigenvalue weighted by Crippen LogP contribution is 2.43. The van der Waals surface area contributed by atoms with Gasteiger partial charge in [0.1, 0.15) is 0 Å². The minimum atomic E-state index is -0.112. The van der Waals surface area contributed by atoms with Gasteiger partial charge in [-0.2, -0.15) is 0 Å². The van der Waals surface area contributed by atoms with Gasteiger partial charge < -0.3 is 9.94 Å².